The number of pyridine rings is 1. The lowest BCUT2D eigenvalue weighted by Crippen LogP contribution is -2.49. The quantitative estimate of drug-likeness (QED) is 0.0127. The number of hydrogen-bond donors (Lipinski definition) is 17. The molecule has 1 rings (SSSR count). The van der Waals surface area contributed by atoms with Crippen molar-refractivity contribution in [2.45, 2.75) is 141 Å². The van der Waals surface area contributed by atoms with E-state index >= 15 is 0 Å². The van der Waals surface area contributed by atoms with E-state index in [1.54, 1.807) is 26.1 Å². The topological polar surface area (TPSA) is 573 Å². The van der Waals surface area contributed by atoms with Crippen LogP contribution in [0.1, 0.15) is 116 Å². The van der Waals surface area contributed by atoms with Crippen LogP contribution in [0.25, 0.3) is 0 Å². The largest absolute Gasteiger partial charge is 0.396 e. The van der Waals surface area contributed by atoms with Gasteiger partial charge in [0.1, 0.15) is 6.04 Å². The molecule has 0 saturated heterocycles. The Morgan fingerprint density at radius 2 is 1.06 bits per heavy atom. The van der Waals surface area contributed by atoms with E-state index in [0.29, 0.717) is 18.1 Å². The number of aromatic nitrogens is 1. The number of thioether (sulfide) groups is 1. The summed E-state index contributed by atoms with van der Waals surface area (Å²) in [4.78, 5) is 179. The minimum Gasteiger partial charge on any atom is -0.396 e. The number of aliphatic imine (C=N–C) groups is 3. The number of nitrogens with zero attached hydrogens (tertiary/aromatic N) is 5. The number of aliphatic hydroxyl groups excluding tert-OH is 3. The molecule has 534 valence electrons. The fourth-order valence-electron chi connectivity index (χ4n) is 9.70. The lowest BCUT2D eigenvalue weighted by molar-refractivity contribution is -0.137. The Morgan fingerprint density at radius 3 is 1.54 bits per heavy atom. The Hall–Kier alpha value is -8.02. The summed E-state index contributed by atoms with van der Waals surface area (Å²) < 4.78 is 0. The van der Waals surface area contributed by atoms with Gasteiger partial charge in [-0.3, -0.25) is 77.5 Å². The van der Waals surface area contributed by atoms with E-state index in [-0.39, 0.29) is 120 Å². The second-order valence-corrected chi connectivity index (χ2v) is 24.8. The number of rotatable bonds is 52. The van der Waals surface area contributed by atoms with Gasteiger partial charge in [0.2, 0.25) is 41.4 Å². The van der Waals surface area contributed by atoms with Crippen LogP contribution >= 0.6 is 24.4 Å². The van der Waals surface area contributed by atoms with Crippen LogP contribution < -0.4 is 76.9 Å². The maximum absolute atomic E-state index is 14.5. The van der Waals surface area contributed by atoms with Crippen LogP contribution in [-0.2, 0) is 63.3 Å². The highest BCUT2D eigenvalue weighted by Gasteiger charge is 2.36. The molecule has 1 aromatic rings. The van der Waals surface area contributed by atoms with Crippen molar-refractivity contribution in [1.82, 2.24) is 36.9 Å². The lowest BCUT2D eigenvalue weighted by Gasteiger charge is -2.26. The maximum atomic E-state index is 14.5. The van der Waals surface area contributed by atoms with Gasteiger partial charge < -0.3 is 92.3 Å². The van der Waals surface area contributed by atoms with Crippen LogP contribution in [0.5, 0.6) is 0 Å². The Kier molecular flexibility index (Phi) is 42.0. The van der Waals surface area contributed by atoms with E-state index in [1.165, 1.54) is 18.7 Å². The molecule has 9 atom stereocenters. The van der Waals surface area contributed by atoms with Crippen molar-refractivity contribution in [3.63, 3.8) is 0 Å². The van der Waals surface area contributed by atoms with Gasteiger partial charge in [-0.2, -0.15) is 24.4 Å². The molecule has 33 nitrogen and oxygen atoms in total. The molecule has 35 heteroatoms. The van der Waals surface area contributed by atoms with Gasteiger partial charge in [0.05, 0.1) is 68.6 Å². The molecule has 0 aliphatic rings. The summed E-state index contributed by atoms with van der Waals surface area (Å²) in [5.74, 6) is -14.8. The molecule has 1 aromatic heterocycles. The van der Waals surface area contributed by atoms with Gasteiger partial charge >= 0.3 is 0 Å². The minimum atomic E-state index is -1.62. The first kappa shape index (κ1) is 85.0. The Bertz CT molecular complexity index is 2780. The molecule has 1 heterocycles. The van der Waals surface area contributed by atoms with Crippen molar-refractivity contribution in [1.29, 1.82) is 0 Å². The molecule has 0 radical (unpaired) electrons. The average molecular weight is 1380 g/mol. The molecule has 4 unspecified atom stereocenters. The molecule has 7 amide bonds. The molecule has 95 heavy (non-hydrogen) atoms. The van der Waals surface area contributed by atoms with Crippen LogP contribution in [0, 0.1) is 35.5 Å². The lowest BCUT2D eigenvalue weighted by atomic mass is 9.87. The minimum absolute atomic E-state index is 0.0108. The van der Waals surface area contributed by atoms with Crippen LogP contribution in [0.15, 0.2) is 33.3 Å². The van der Waals surface area contributed by atoms with Crippen LogP contribution in [0.3, 0.4) is 0 Å². The van der Waals surface area contributed by atoms with Gasteiger partial charge in [0.15, 0.2) is 46.8 Å². The fourth-order valence-corrected chi connectivity index (χ4v) is 10.4. The SMILES string of the molecule is CSCC[C@H](CC(=O)CNC(=O)CCN(C)c1ccnc(CS)c1)C(=O)NC(CCCN=C(N)N)C(=O)C[C@@H](CC(C)C)C(=O)NC(CCCN=C(N)N)C(=O)C[C@@H](CO)C(=O)NCC(=O)C[C@@H](CCCN=C(N)N)C(=O)NC(CO)C(=O)C[C@H](C(=O)NCC(N)=O)C(C)O. The van der Waals surface area contributed by atoms with Crippen LogP contribution in [-0.4, -0.2) is 211 Å². The standard InChI is InChI=1S/C60H102N18O15S2/c1-34(2)21-38(24-48(84)45(10-7-16-70-59(64)65)75-55(91)37(14-20-95-5)23-42(82)28-72-52(88)13-19-78(4)41-12-18-68-40(26-41)33-94)56(92)76-46(11-8-17-71-60(66)67)49(85)25-39(31-79)53(89)73-29-43(83)22-36(9-6-15-69-58(62)63)54(90)77-47(32-80)50(86)27-44(35(3)81)57(93)74-30-51(61)87/h12,18,26,34-39,44-47,79-81,94H,6-11,13-17,19-25,27-33H2,1-5H3,(H2,61,87)(H,72,88)(H,73,89)(H,74,93)(H,75,91)(H,76,92)(H,77,90)(H4,62,63,69)(H4,64,65,70)(H4,66,67,71)/t35?,36-,37-,38-,39+,44+,45?,46?,47?/m1/s1. The molecule has 0 aliphatic carbocycles. The number of carbonyl (C=O) groups excluding carboxylic acids is 12. The number of hydrogen-bond acceptors (Lipinski definition) is 22. The molecule has 0 aliphatic heterocycles. The predicted molar refractivity (Wildman–Crippen MR) is 362 cm³/mol. The van der Waals surface area contributed by atoms with Gasteiger partial charge in [-0.15, -0.1) is 0 Å². The molecule has 23 N–H and O–H groups in total. The number of ketones is 5. The summed E-state index contributed by atoms with van der Waals surface area (Å²) >= 11 is 5.70. The molecule has 0 aromatic carbocycles. The molecular formula is C60H102N18O15S2. The molecule has 0 spiro atoms. The zero-order chi connectivity index (χ0) is 71.7. The number of anilines is 1. The highest BCUT2D eigenvalue weighted by molar-refractivity contribution is 7.98. The summed E-state index contributed by atoms with van der Waals surface area (Å²) in [5, 5.41) is 45.9. The fraction of sp³-hybridized carbons (Fsp3) is 0.667. The van der Waals surface area contributed by atoms with E-state index in [9.17, 15) is 72.9 Å². The third-order valence-corrected chi connectivity index (χ3v) is 15.9. The first-order valence-electron chi connectivity index (χ1n) is 31.3. The van der Waals surface area contributed by atoms with E-state index in [1.807, 2.05) is 24.3 Å². The first-order chi connectivity index (χ1) is 44.8. The zero-order valence-electron chi connectivity index (χ0n) is 55.1. The zero-order valence-corrected chi connectivity index (χ0v) is 56.8. The molecule has 0 saturated carbocycles. The van der Waals surface area contributed by atoms with E-state index < -0.39 is 170 Å². The van der Waals surface area contributed by atoms with Crippen molar-refractivity contribution in [3.05, 3.63) is 24.0 Å². The normalized spacial score (nSPS) is 13.9. The number of amides is 7. The number of nitrogens with one attached hydrogen (secondary N) is 6. The highest BCUT2D eigenvalue weighted by atomic mass is 32.2. The number of thiol groups is 1. The number of Topliss-reactive ketones (excluding diaryl/α,β-unsaturated/α-hetero) is 5. The van der Waals surface area contributed by atoms with E-state index in [0.717, 1.165) is 11.4 Å². The third-order valence-electron chi connectivity index (χ3n) is 15.0. The Balaban J connectivity index is 3.38. The predicted octanol–water partition coefficient (Wildman–Crippen LogP) is -4.17. The van der Waals surface area contributed by atoms with Crippen molar-refractivity contribution in [3.8, 4) is 0 Å². The third kappa shape index (κ3) is 36.5. The summed E-state index contributed by atoms with van der Waals surface area (Å²) in [7, 11) is 1.81. The maximum Gasteiger partial charge on any atom is 0.236 e. The summed E-state index contributed by atoms with van der Waals surface area (Å²) in [6.45, 7) is 1.74. The Labute approximate surface area is 563 Å². The van der Waals surface area contributed by atoms with Gasteiger partial charge in [-0.1, -0.05) is 13.8 Å². The second-order valence-electron chi connectivity index (χ2n) is 23.5. The van der Waals surface area contributed by atoms with Gasteiger partial charge in [0, 0.05) is 107 Å². The molecule has 0 fully saturated rings. The number of guanidine groups is 3. The van der Waals surface area contributed by atoms with Crippen molar-refractivity contribution >= 4 is 118 Å². The van der Waals surface area contributed by atoms with Crippen LogP contribution in [0.2, 0.25) is 0 Å². The number of aliphatic hydroxyl groups is 3. The number of nitrogens with two attached hydrogens (primary N) is 7. The average Bonchev–Trinajstić information content (AvgIpc) is 1.05. The van der Waals surface area contributed by atoms with Gasteiger partial charge in [-0.05, 0) is 88.3 Å². The van der Waals surface area contributed by atoms with Gasteiger partial charge in [0.25, 0.3) is 0 Å². The Morgan fingerprint density at radius 1 is 0.589 bits per heavy atom. The molecular weight excluding hydrogens is 1280 g/mol. The summed E-state index contributed by atoms with van der Waals surface area (Å²) in [5.41, 5.74) is 39.7. The van der Waals surface area contributed by atoms with Gasteiger partial charge in [-0.25, -0.2) is 0 Å². The summed E-state index contributed by atoms with van der Waals surface area (Å²) in [6, 6.07) is -0.510. The number of carbonyl (C=O) groups is 12. The van der Waals surface area contributed by atoms with Crippen LogP contribution in [0.4, 0.5) is 5.69 Å². The monoisotopic (exact) mass is 1380 g/mol. The number of primary amides is 1. The van der Waals surface area contributed by atoms with Crippen molar-refractivity contribution < 1.29 is 72.9 Å². The first-order valence-corrected chi connectivity index (χ1v) is 33.3. The smallest absolute Gasteiger partial charge is 0.236 e. The highest BCUT2D eigenvalue weighted by Crippen LogP contribution is 2.23. The second kappa shape index (κ2) is 47.0. The van der Waals surface area contributed by atoms with Crippen molar-refractivity contribution in [2.75, 3.05) is 83.0 Å². The molecule has 0 bridgehead atoms. The summed E-state index contributed by atoms with van der Waals surface area (Å²) in [6.07, 6.45) is 0.211. The van der Waals surface area contributed by atoms with Crippen molar-refractivity contribution in [2.24, 2.45) is 90.6 Å². The van der Waals surface area contributed by atoms with E-state index in [4.69, 9.17) is 40.1 Å². The van der Waals surface area contributed by atoms with E-state index in [2.05, 4.69) is 64.5 Å².